The van der Waals surface area contributed by atoms with Crippen LogP contribution in [-0.2, 0) is 11.2 Å². The summed E-state index contributed by atoms with van der Waals surface area (Å²) in [7, 11) is 0. The van der Waals surface area contributed by atoms with Crippen LogP contribution in [0.3, 0.4) is 0 Å². The third-order valence-corrected chi connectivity index (χ3v) is 2.77. The molecule has 0 heterocycles. The number of hydrogen-bond acceptors (Lipinski definition) is 2. The maximum atomic E-state index is 10.5. The molecule has 0 amide bonds. The van der Waals surface area contributed by atoms with Gasteiger partial charge >= 0.3 is 5.97 Å². The van der Waals surface area contributed by atoms with Gasteiger partial charge in [-0.25, -0.2) is 0 Å². The summed E-state index contributed by atoms with van der Waals surface area (Å²) >= 11 is 0. The lowest BCUT2D eigenvalue weighted by Gasteiger charge is -2.15. The molecule has 3 nitrogen and oxygen atoms in total. The number of benzene rings is 1. The quantitative estimate of drug-likeness (QED) is 0.691. The number of anilines is 1. The first-order valence-electron chi connectivity index (χ1n) is 6.30. The third kappa shape index (κ3) is 5.53. The summed E-state index contributed by atoms with van der Waals surface area (Å²) in [6.45, 7) is 5.84. The Balaban J connectivity index is 2.53. The van der Waals surface area contributed by atoms with Crippen molar-refractivity contribution in [2.24, 2.45) is 0 Å². The molecule has 0 saturated heterocycles. The molecule has 1 aromatic carbocycles. The second-order valence-electron chi connectivity index (χ2n) is 4.51. The number of nitrogens with one attached hydrogen (secondary N) is 1. The summed E-state index contributed by atoms with van der Waals surface area (Å²) in [5.41, 5.74) is 2.10. The summed E-state index contributed by atoms with van der Waals surface area (Å²) < 4.78 is 0. The standard InChI is InChI=1S/C15H21NO2/c1-3-4-6-12(2)16-14-8-5-7-13(11-14)9-10-15(17)18/h3,5,7-8,11-12,16H,1,4,6,9-10H2,2H3,(H,17,18). The van der Waals surface area contributed by atoms with Crippen LogP contribution < -0.4 is 5.32 Å². The maximum Gasteiger partial charge on any atom is 0.303 e. The average Bonchev–Trinajstić information content (AvgIpc) is 2.34. The van der Waals surface area contributed by atoms with E-state index in [-0.39, 0.29) is 6.42 Å². The largest absolute Gasteiger partial charge is 0.481 e. The SMILES string of the molecule is C=CCCC(C)Nc1cccc(CCC(=O)O)c1. The van der Waals surface area contributed by atoms with Gasteiger partial charge in [0, 0.05) is 18.2 Å². The Morgan fingerprint density at radius 1 is 1.56 bits per heavy atom. The van der Waals surface area contributed by atoms with Crippen molar-refractivity contribution < 1.29 is 9.90 Å². The van der Waals surface area contributed by atoms with Crippen LogP contribution in [-0.4, -0.2) is 17.1 Å². The zero-order valence-electron chi connectivity index (χ0n) is 10.9. The molecule has 98 valence electrons. The minimum Gasteiger partial charge on any atom is -0.481 e. The van der Waals surface area contributed by atoms with E-state index in [9.17, 15) is 4.79 Å². The third-order valence-electron chi connectivity index (χ3n) is 2.77. The average molecular weight is 247 g/mol. The van der Waals surface area contributed by atoms with Gasteiger partial charge in [0.1, 0.15) is 0 Å². The van der Waals surface area contributed by atoms with Crippen molar-refractivity contribution in [2.75, 3.05) is 5.32 Å². The Kier molecular flexibility index (Phi) is 5.98. The first-order valence-corrected chi connectivity index (χ1v) is 6.30. The van der Waals surface area contributed by atoms with E-state index < -0.39 is 5.97 Å². The van der Waals surface area contributed by atoms with Crippen molar-refractivity contribution in [1.29, 1.82) is 0 Å². The lowest BCUT2D eigenvalue weighted by atomic mass is 10.1. The predicted molar refractivity (Wildman–Crippen MR) is 74.9 cm³/mol. The van der Waals surface area contributed by atoms with Gasteiger partial charge in [0.2, 0.25) is 0 Å². The molecule has 2 N–H and O–H groups in total. The minimum atomic E-state index is -0.757. The van der Waals surface area contributed by atoms with Crippen molar-refractivity contribution in [3.05, 3.63) is 42.5 Å². The molecule has 0 fully saturated rings. The van der Waals surface area contributed by atoms with Crippen LogP contribution in [0.2, 0.25) is 0 Å². The summed E-state index contributed by atoms with van der Waals surface area (Å²) in [4.78, 5) is 10.5. The number of allylic oxidation sites excluding steroid dienone is 1. The van der Waals surface area contributed by atoms with Crippen molar-refractivity contribution >= 4 is 11.7 Å². The Hall–Kier alpha value is -1.77. The highest BCUT2D eigenvalue weighted by Gasteiger charge is 2.03. The second kappa shape index (κ2) is 7.54. The first kappa shape index (κ1) is 14.3. The summed E-state index contributed by atoms with van der Waals surface area (Å²) in [6.07, 6.45) is 4.71. The van der Waals surface area contributed by atoms with Crippen LogP contribution in [0.15, 0.2) is 36.9 Å². The fourth-order valence-corrected chi connectivity index (χ4v) is 1.79. The zero-order chi connectivity index (χ0) is 13.4. The van der Waals surface area contributed by atoms with Gasteiger partial charge < -0.3 is 10.4 Å². The number of hydrogen-bond donors (Lipinski definition) is 2. The van der Waals surface area contributed by atoms with E-state index in [1.165, 1.54) is 0 Å². The van der Waals surface area contributed by atoms with Crippen molar-refractivity contribution in [3.63, 3.8) is 0 Å². The van der Waals surface area contributed by atoms with E-state index in [1.807, 2.05) is 30.3 Å². The molecule has 1 atom stereocenters. The lowest BCUT2D eigenvalue weighted by Crippen LogP contribution is -2.14. The number of carboxylic acid groups (broad SMARTS) is 1. The predicted octanol–water partition coefficient (Wildman–Crippen LogP) is 3.47. The van der Waals surface area contributed by atoms with Crippen LogP contribution in [0.5, 0.6) is 0 Å². The molecule has 0 radical (unpaired) electrons. The van der Waals surface area contributed by atoms with Crippen molar-refractivity contribution in [2.45, 2.75) is 38.6 Å². The number of carboxylic acids is 1. The zero-order valence-corrected chi connectivity index (χ0v) is 10.9. The molecule has 0 saturated carbocycles. The molecule has 0 spiro atoms. The van der Waals surface area contributed by atoms with Gasteiger partial charge in [0.15, 0.2) is 0 Å². The van der Waals surface area contributed by atoms with E-state index in [1.54, 1.807) is 0 Å². The van der Waals surface area contributed by atoms with Crippen LogP contribution >= 0.6 is 0 Å². The van der Waals surface area contributed by atoms with Crippen molar-refractivity contribution in [3.8, 4) is 0 Å². The number of aryl methyl sites for hydroxylation is 1. The van der Waals surface area contributed by atoms with Gasteiger partial charge in [0.05, 0.1) is 0 Å². The highest BCUT2D eigenvalue weighted by atomic mass is 16.4. The van der Waals surface area contributed by atoms with Crippen LogP contribution in [0, 0.1) is 0 Å². The van der Waals surface area contributed by atoms with Crippen LogP contribution in [0.4, 0.5) is 5.69 Å². The fraction of sp³-hybridized carbons (Fsp3) is 0.400. The molecule has 1 rings (SSSR count). The number of carbonyl (C=O) groups is 1. The minimum absolute atomic E-state index is 0.176. The molecule has 0 aliphatic carbocycles. The summed E-state index contributed by atoms with van der Waals surface area (Å²) in [5, 5.41) is 12.1. The van der Waals surface area contributed by atoms with Gasteiger partial charge in [-0.05, 0) is 43.9 Å². The Bertz CT molecular complexity index is 401. The highest BCUT2D eigenvalue weighted by Crippen LogP contribution is 2.14. The van der Waals surface area contributed by atoms with E-state index in [0.717, 1.165) is 24.1 Å². The number of rotatable bonds is 8. The molecule has 0 aliphatic heterocycles. The Labute approximate surface area is 109 Å². The normalized spacial score (nSPS) is 11.8. The molecular weight excluding hydrogens is 226 g/mol. The van der Waals surface area contributed by atoms with Gasteiger partial charge in [-0.2, -0.15) is 0 Å². The van der Waals surface area contributed by atoms with Crippen molar-refractivity contribution in [1.82, 2.24) is 0 Å². The highest BCUT2D eigenvalue weighted by molar-refractivity contribution is 5.67. The monoisotopic (exact) mass is 247 g/mol. The molecule has 1 aromatic rings. The van der Waals surface area contributed by atoms with E-state index in [2.05, 4.69) is 18.8 Å². The van der Waals surface area contributed by atoms with E-state index in [4.69, 9.17) is 5.11 Å². The maximum absolute atomic E-state index is 10.5. The topological polar surface area (TPSA) is 49.3 Å². The van der Waals surface area contributed by atoms with Gasteiger partial charge in [0.25, 0.3) is 0 Å². The molecule has 0 bridgehead atoms. The molecular formula is C15H21NO2. The fourth-order valence-electron chi connectivity index (χ4n) is 1.79. The molecule has 3 heteroatoms. The molecule has 0 aromatic heterocycles. The van der Waals surface area contributed by atoms with Gasteiger partial charge in [-0.15, -0.1) is 6.58 Å². The second-order valence-corrected chi connectivity index (χ2v) is 4.51. The van der Waals surface area contributed by atoms with E-state index >= 15 is 0 Å². The van der Waals surface area contributed by atoms with Gasteiger partial charge in [-0.1, -0.05) is 18.2 Å². The summed E-state index contributed by atoms with van der Waals surface area (Å²) in [6, 6.07) is 8.34. The van der Waals surface area contributed by atoms with Crippen LogP contribution in [0.25, 0.3) is 0 Å². The summed E-state index contributed by atoms with van der Waals surface area (Å²) in [5.74, 6) is -0.757. The van der Waals surface area contributed by atoms with E-state index in [0.29, 0.717) is 12.5 Å². The Morgan fingerprint density at radius 3 is 3.00 bits per heavy atom. The first-order chi connectivity index (χ1) is 8.61. The Morgan fingerprint density at radius 2 is 2.33 bits per heavy atom. The van der Waals surface area contributed by atoms with Crippen LogP contribution in [0.1, 0.15) is 31.7 Å². The lowest BCUT2D eigenvalue weighted by molar-refractivity contribution is -0.136. The number of aliphatic carboxylic acids is 1. The molecule has 0 aliphatic rings. The smallest absolute Gasteiger partial charge is 0.303 e. The molecule has 18 heavy (non-hydrogen) atoms. The van der Waals surface area contributed by atoms with Gasteiger partial charge in [-0.3, -0.25) is 4.79 Å². The molecule has 1 unspecified atom stereocenters.